The zero-order chi connectivity index (χ0) is 18.1. The van der Waals surface area contributed by atoms with E-state index in [1.807, 2.05) is 24.1 Å². The van der Waals surface area contributed by atoms with Gasteiger partial charge in [0.1, 0.15) is 5.82 Å². The largest absolute Gasteiger partial charge is 0.384 e. The van der Waals surface area contributed by atoms with Crippen LogP contribution in [0.2, 0.25) is 0 Å². The molecule has 2 aromatic rings. The molecule has 2 aromatic heterocycles. The Morgan fingerprint density at radius 2 is 2.08 bits per heavy atom. The Morgan fingerprint density at radius 1 is 1.27 bits per heavy atom. The van der Waals surface area contributed by atoms with Crippen LogP contribution in [-0.4, -0.2) is 57.1 Å². The molecular formula is C19H28N6O. The van der Waals surface area contributed by atoms with E-state index in [1.165, 1.54) is 19.3 Å². The monoisotopic (exact) mass is 356 g/mol. The molecule has 2 fully saturated rings. The van der Waals surface area contributed by atoms with Crippen LogP contribution in [0.3, 0.4) is 0 Å². The Labute approximate surface area is 153 Å². The molecule has 3 N–H and O–H groups in total. The van der Waals surface area contributed by atoms with Gasteiger partial charge in [0, 0.05) is 13.1 Å². The second kappa shape index (κ2) is 7.23. The number of rotatable bonds is 4. The lowest BCUT2D eigenvalue weighted by Gasteiger charge is -2.33. The standard InChI is InChI=1S/C19H28N6O/c1-24(13-6-3-2-4-7-13)17(26)12-25-11-5-8-16(25)15-10-9-14-18(20)22-23-19(14)21-15/h9-10,13,16H,2-8,11-12H2,1H3,(H3,20,21,22,23)/t16-/m1/s1. The minimum absolute atomic E-state index is 0.182. The smallest absolute Gasteiger partial charge is 0.236 e. The van der Waals surface area contributed by atoms with Crippen molar-refractivity contribution in [1.82, 2.24) is 25.0 Å². The number of aromatic nitrogens is 3. The highest BCUT2D eigenvalue weighted by atomic mass is 16.2. The third-order valence-electron chi connectivity index (χ3n) is 6.03. The summed E-state index contributed by atoms with van der Waals surface area (Å²) in [6.45, 7) is 1.41. The van der Waals surface area contributed by atoms with Crippen LogP contribution in [0.1, 0.15) is 56.7 Å². The molecule has 2 aliphatic rings. The van der Waals surface area contributed by atoms with Gasteiger partial charge in [0.15, 0.2) is 5.65 Å². The second-order valence-electron chi connectivity index (χ2n) is 7.67. The Kier molecular flexibility index (Phi) is 4.80. The third kappa shape index (κ3) is 3.28. The molecule has 0 spiro atoms. The number of likely N-dealkylation sites (tertiary alicyclic amines) is 1. The first-order valence-electron chi connectivity index (χ1n) is 9.73. The van der Waals surface area contributed by atoms with Crippen molar-refractivity contribution in [2.45, 2.75) is 57.0 Å². The van der Waals surface area contributed by atoms with Crippen molar-refractivity contribution in [2.75, 3.05) is 25.9 Å². The Bertz CT molecular complexity index is 781. The number of amides is 1. The summed E-state index contributed by atoms with van der Waals surface area (Å²) in [5.74, 6) is 0.778. The molecule has 26 heavy (non-hydrogen) atoms. The highest BCUT2D eigenvalue weighted by molar-refractivity contribution is 5.85. The molecule has 7 heteroatoms. The van der Waals surface area contributed by atoms with E-state index in [0.29, 0.717) is 24.1 Å². The van der Waals surface area contributed by atoms with Gasteiger partial charge in [-0.15, -0.1) is 0 Å². The minimum atomic E-state index is 0.182. The number of nitrogens with zero attached hydrogens (tertiary/aromatic N) is 4. The van der Waals surface area contributed by atoms with Crippen molar-refractivity contribution in [3.05, 3.63) is 17.8 Å². The summed E-state index contributed by atoms with van der Waals surface area (Å²) >= 11 is 0. The van der Waals surface area contributed by atoms with E-state index in [-0.39, 0.29) is 11.9 Å². The fourth-order valence-corrected chi connectivity index (χ4v) is 4.43. The van der Waals surface area contributed by atoms with Gasteiger partial charge in [-0.3, -0.25) is 14.8 Å². The zero-order valence-corrected chi connectivity index (χ0v) is 15.4. The second-order valence-corrected chi connectivity index (χ2v) is 7.67. The average molecular weight is 356 g/mol. The molecule has 4 rings (SSSR count). The molecule has 0 radical (unpaired) electrons. The Morgan fingerprint density at radius 3 is 2.88 bits per heavy atom. The van der Waals surface area contributed by atoms with Crippen molar-refractivity contribution < 1.29 is 4.79 Å². The van der Waals surface area contributed by atoms with Gasteiger partial charge < -0.3 is 10.6 Å². The van der Waals surface area contributed by atoms with Gasteiger partial charge in [0.2, 0.25) is 5.91 Å². The molecular weight excluding hydrogens is 328 g/mol. The van der Waals surface area contributed by atoms with E-state index in [4.69, 9.17) is 5.73 Å². The summed E-state index contributed by atoms with van der Waals surface area (Å²) in [5, 5.41) is 7.80. The zero-order valence-electron chi connectivity index (χ0n) is 15.4. The number of nitrogen functional groups attached to an aromatic ring is 1. The molecule has 1 aliphatic heterocycles. The summed E-state index contributed by atoms with van der Waals surface area (Å²) in [6.07, 6.45) is 8.19. The van der Waals surface area contributed by atoms with Crippen LogP contribution in [0.15, 0.2) is 12.1 Å². The topological polar surface area (TPSA) is 91.1 Å². The molecule has 140 valence electrons. The quantitative estimate of drug-likeness (QED) is 0.878. The summed E-state index contributed by atoms with van der Waals surface area (Å²) in [5.41, 5.74) is 7.49. The lowest BCUT2D eigenvalue weighted by atomic mass is 9.94. The average Bonchev–Trinajstić information content (AvgIpc) is 3.28. The maximum atomic E-state index is 12.8. The molecule has 7 nitrogen and oxygen atoms in total. The van der Waals surface area contributed by atoms with Crippen molar-refractivity contribution in [1.29, 1.82) is 0 Å². The number of fused-ring (bicyclic) bond motifs is 1. The fourth-order valence-electron chi connectivity index (χ4n) is 4.43. The van der Waals surface area contributed by atoms with Gasteiger partial charge in [0.05, 0.1) is 23.7 Å². The number of hydrogen-bond donors (Lipinski definition) is 2. The third-order valence-corrected chi connectivity index (χ3v) is 6.03. The number of nitrogens with two attached hydrogens (primary N) is 1. The van der Waals surface area contributed by atoms with E-state index < -0.39 is 0 Å². The van der Waals surface area contributed by atoms with E-state index in [1.54, 1.807) is 0 Å². The van der Waals surface area contributed by atoms with Crippen LogP contribution in [0.5, 0.6) is 0 Å². The molecule has 0 bridgehead atoms. The maximum absolute atomic E-state index is 12.8. The summed E-state index contributed by atoms with van der Waals surface area (Å²) < 4.78 is 0. The molecule has 1 saturated carbocycles. The first kappa shape index (κ1) is 17.3. The SMILES string of the molecule is CN(C(=O)CN1CCC[C@@H]1c1ccc2c(N)[nH]nc2n1)C1CCCCC1. The maximum Gasteiger partial charge on any atom is 0.236 e. The highest BCUT2D eigenvalue weighted by Crippen LogP contribution is 2.32. The number of carbonyl (C=O) groups excluding carboxylic acids is 1. The van der Waals surface area contributed by atoms with Gasteiger partial charge in [0.25, 0.3) is 0 Å². The van der Waals surface area contributed by atoms with Gasteiger partial charge >= 0.3 is 0 Å². The first-order chi connectivity index (χ1) is 12.6. The number of likely N-dealkylation sites (N-methyl/N-ethyl adjacent to an activating group) is 1. The summed E-state index contributed by atoms with van der Waals surface area (Å²) in [6, 6.07) is 4.59. The number of hydrogen-bond acceptors (Lipinski definition) is 5. The Hall–Kier alpha value is -2.15. The van der Waals surface area contributed by atoms with Crippen LogP contribution >= 0.6 is 0 Å². The molecule has 1 amide bonds. The number of aromatic amines is 1. The van der Waals surface area contributed by atoms with Gasteiger partial charge in [-0.25, -0.2) is 4.98 Å². The van der Waals surface area contributed by atoms with E-state index in [0.717, 1.165) is 43.3 Å². The van der Waals surface area contributed by atoms with Crippen LogP contribution in [0.25, 0.3) is 11.0 Å². The van der Waals surface area contributed by atoms with Gasteiger partial charge in [-0.05, 0) is 44.4 Å². The van der Waals surface area contributed by atoms with Crippen molar-refractivity contribution in [2.24, 2.45) is 0 Å². The van der Waals surface area contributed by atoms with Gasteiger partial charge in [-0.2, -0.15) is 5.10 Å². The van der Waals surface area contributed by atoms with Crippen LogP contribution in [-0.2, 0) is 4.79 Å². The van der Waals surface area contributed by atoms with Crippen molar-refractivity contribution in [3.63, 3.8) is 0 Å². The predicted octanol–water partition coefficient (Wildman–Crippen LogP) is 2.47. The van der Waals surface area contributed by atoms with Crippen molar-refractivity contribution >= 4 is 22.8 Å². The summed E-state index contributed by atoms with van der Waals surface area (Å²) in [7, 11) is 1.97. The predicted molar refractivity (Wildman–Crippen MR) is 101 cm³/mol. The van der Waals surface area contributed by atoms with Crippen LogP contribution < -0.4 is 5.73 Å². The first-order valence-corrected chi connectivity index (χ1v) is 9.73. The lowest BCUT2D eigenvalue weighted by molar-refractivity contribution is -0.134. The molecule has 0 aromatic carbocycles. The van der Waals surface area contributed by atoms with Crippen LogP contribution in [0, 0.1) is 0 Å². The highest BCUT2D eigenvalue weighted by Gasteiger charge is 2.31. The van der Waals surface area contributed by atoms with Crippen molar-refractivity contribution in [3.8, 4) is 0 Å². The van der Waals surface area contributed by atoms with E-state index in [2.05, 4.69) is 20.1 Å². The minimum Gasteiger partial charge on any atom is -0.384 e. The molecule has 1 saturated heterocycles. The number of H-pyrrole nitrogens is 1. The molecule has 0 unspecified atom stereocenters. The fraction of sp³-hybridized carbons (Fsp3) is 0.632. The molecule has 1 atom stereocenters. The summed E-state index contributed by atoms with van der Waals surface area (Å²) in [4.78, 5) is 21.8. The van der Waals surface area contributed by atoms with Gasteiger partial charge in [-0.1, -0.05) is 19.3 Å². The number of anilines is 1. The molecule has 1 aliphatic carbocycles. The lowest BCUT2D eigenvalue weighted by Crippen LogP contribution is -2.44. The Balaban J connectivity index is 1.46. The van der Waals surface area contributed by atoms with E-state index >= 15 is 0 Å². The van der Waals surface area contributed by atoms with Crippen LogP contribution in [0.4, 0.5) is 5.82 Å². The number of carbonyl (C=O) groups is 1. The van der Waals surface area contributed by atoms with E-state index in [9.17, 15) is 4.79 Å². The number of pyridine rings is 1. The molecule has 3 heterocycles. The normalized spacial score (nSPS) is 22.1. The number of nitrogens with one attached hydrogen (secondary N) is 1.